The lowest BCUT2D eigenvalue weighted by molar-refractivity contribution is 0.0696. The normalized spacial score (nSPS) is 12.3. The standard InChI is InChI=1S/C91H62N12O19S3/c1-102-67-33-31-64(75-77(67)73(60-19-8-10-21-62(60)83(75)106)79(85(102)108)81(104)49-14-4-3-5-15-49)94-56-28-36-69(124(115,116)117)55(42-56)46-72-97-89(101-91(99-72)121-57-29-26-48-13-6-7-16-50(48)43-57)93-38-37-92-88-96-71(98-90(100-88)122-58-30-27-51-41-54(87(110)111)25-24-52(51)44-58)40-47-23-35-70(125(118,119)120)66(39-47)95-65-32-34-68-78-74(61-20-9-11-22-63(61)84(107)76(65)78)80(86(109)103(68)2)82(105)53-17-12-18-59(45-53)123(112,113)114/h3-36,39,41-45,94-95H,37-38,40,46H2,1-2H3,(H,110,111)(H,112,113,114)(H,115,116,117)(H,118,119,120)(H,92,96,98,100)(H,93,97,99,101). The van der Waals surface area contributed by atoms with Crippen molar-refractivity contribution in [3.8, 4) is 45.8 Å². The molecule has 12 aromatic carbocycles. The van der Waals surface area contributed by atoms with Gasteiger partial charge in [0.15, 0.2) is 23.1 Å². The van der Waals surface area contributed by atoms with Crippen LogP contribution < -0.4 is 41.9 Å². The van der Waals surface area contributed by atoms with E-state index in [1.54, 1.807) is 115 Å². The maximum absolute atomic E-state index is 15.1. The SMILES string of the molecule is Cn1c(=O)c(C(=O)c2ccccc2)c2c3c(c(Nc4ccc(S(=O)(=O)O)c(Cc5nc(NCCNc6nc(Cc7ccc(S(=O)(=O)O)c(Nc8ccc9c%10c8C(=O)c8ccccc8-c%10c(C(=O)c8cccc(S(=O)(=O)O)c8)c(=O)n9C)c7)nc(Oc7ccc8cc(C(=O)O)ccc8c7)n6)nc(Oc6ccc7ccccc7c6)n5)c4)ccc31)C(=O)c1ccccc1-2. The van der Waals surface area contributed by atoms with Crippen LogP contribution in [0.2, 0.25) is 0 Å². The second-order valence-electron chi connectivity index (χ2n) is 29.3. The number of aryl methyl sites for hydroxylation is 2. The number of fused-ring (bicyclic) bond motifs is 6. The van der Waals surface area contributed by atoms with E-state index in [0.717, 1.165) is 33.5 Å². The van der Waals surface area contributed by atoms with Gasteiger partial charge in [-0.15, -0.1) is 0 Å². The first-order valence-electron chi connectivity index (χ1n) is 38.2. The Balaban J connectivity index is 0.674. The van der Waals surface area contributed by atoms with Gasteiger partial charge in [0, 0.05) is 89.9 Å². The molecule has 618 valence electrons. The van der Waals surface area contributed by atoms with Gasteiger partial charge in [-0.3, -0.25) is 42.4 Å². The highest BCUT2D eigenvalue weighted by molar-refractivity contribution is 7.86. The number of ketones is 4. The summed E-state index contributed by atoms with van der Waals surface area (Å²) in [4.78, 5) is 126. The zero-order valence-electron chi connectivity index (χ0n) is 65.1. The molecule has 0 saturated carbocycles. The quantitative estimate of drug-likeness (QED) is 0.0150. The lowest BCUT2D eigenvalue weighted by Crippen LogP contribution is -2.29. The summed E-state index contributed by atoms with van der Waals surface area (Å²) in [6.07, 6.45) is -0.643. The summed E-state index contributed by atoms with van der Waals surface area (Å²) in [5.41, 5.74) is -0.0823. The van der Waals surface area contributed by atoms with Gasteiger partial charge in [0.1, 0.15) is 28.0 Å². The number of hydrogen-bond donors (Lipinski definition) is 8. The highest BCUT2D eigenvalue weighted by Gasteiger charge is 2.38. The van der Waals surface area contributed by atoms with Crippen LogP contribution in [0.3, 0.4) is 0 Å². The van der Waals surface area contributed by atoms with E-state index < -0.39 is 97.2 Å². The fourth-order valence-corrected chi connectivity index (χ4v) is 17.6. The van der Waals surface area contributed by atoms with Crippen molar-refractivity contribution < 1.29 is 77.5 Å². The van der Waals surface area contributed by atoms with Crippen molar-refractivity contribution in [2.45, 2.75) is 27.5 Å². The molecular weight excluding hydrogens is 1660 g/mol. The number of pyridine rings is 2. The van der Waals surface area contributed by atoms with Crippen molar-refractivity contribution in [2.75, 3.05) is 34.4 Å². The summed E-state index contributed by atoms with van der Waals surface area (Å²) >= 11 is 0. The average Bonchev–Trinajstić information content (AvgIpc) is 0.709. The molecule has 0 fully saturated rings. The van der Waals surface area contributed by atoms with Gasteiger partial charge in [-0.25, -0.2) is 4.79 Å². The van der Waals surface area contributed by atoms with E-state index in [0.29, 0.717) is 33.0 Å². The van der Waals surface area contributed by atoms with Gasteiger partial charge in [-0.1, -0.05) is 140 Å². The number of carbonyl (C=O) groups excluding carboxylic acids is 4. The molecule has 4 heterocycles. The van der Waals surface area contributed by atoms with Gasteiger partial charge >= 0.3 is 18.0 Å². The van der Waals surface area contributed by atoms with E-state index in [9.17, 15) is 72.8 Å². The highest BCUT2D eigenvalue weighted by Crippen LogP contribution is 2.47. The summed E-state index contributed by atoms with van der Waals surface area (Å²) in [6.45, 7) is -0.0805. The summed E-state index contributed by atoms with van der Waals surface area (Å²) in [6, 6.07) is 61.1. The first-order chi connectivity index (χ1) is 60.0. The van der Waals surface area contributed by atoms with Crippen LogP contribution in [0.25, 0.3) is 65.6 Å². The van der Waals surface area contributed by atoms with E-state index >= 15 is 4.79 Å². The molecule has 18 rings (SSSR count). The van der Waals surface area contributed by atoms with E-state index in [-0.39, 0.29) is 167 Å². The van der Waals surface area contributed by atoms with Crippen LogP contribution in [0.4, 0.5) is 34.6 Å². The molecule has 0 bridgehead atoms. The van der Waals surface area contributed by atoms with Gasteiger partial charge in [-0.05, 0) is 147 Å². The van der Waals surface area contributed by atoms with E-state index in [1.165, 1.54) is 97.5 Å². The minimum atomic E-state index is -5.10. The van der Waals surface area contributed by atoms with E-state index in [4.69, 9.17) is 19.4 Å². The van der Waals surface area contributed by atoms with Crippen LogP contribution in [0.15, 0.2) is 267 Å². The number of rotatable bonds is 25. The third-order valence-electron chi connectivity index (χ3n) is 21.5. The molecule has 8 N–H and O–H groups in total. The van der Waals surface area contributed by atoms with Crippen molar-refractivity contribution in [2.24, 2.45) is 14.1 Å². The number of carboxylic acid groups (broad SMARTS) is 1. The fourth-order valence-electron chi connectivity index (χ4n) is 15.8. The average molecular weight is 1720 g/mol. The van der Waals surface area contributed by atoms with Gasteiger partial charge < -0.3 is 45.0 Å². The maximum Gasteiger partial charge on any atom is 0.335 e. The van der Waals surface area contributed by atoms with E-state index in [1.807, 2.05) is 30.3 Å². The van der Waals surface area contributed by atoms with Gasteiger partial charge in [-0.2, -0.15) is 55.2 Å². The first-order valence-corrected chi connectivity index (χ1v) is 42.5. The van der Waals surface area contributed by atoms with Crippen molar-refractivity contribution in [1.29, 1.82) is 0 Å². The molecule has 34 heteroatoms. The molecule has 2 aliphatic rings. The zero-order chi connectivity index (χ0) is 87.2. The number of benzene rings is 12. The predicted molar refractivity (Wildman–Crippen MR) is 462 cm³/mol. The van der Waals surface area contributed by atoms with Crippen molar-refractivity contribution in [1.82, 2.24) is 39.0 Å². The van der Waals surface area contributed by atoms with Crippen LogP contribution in [-0.2, 0) is 57.3 Å². The molecule has 0 unspecified atom stereocenters. The van der Waals surface area contributed by atoms with Crippen molar-refractivity contribution in [3.05, 3.63) is 336 Å². The Hall–Kier alpha value is -15.7. The molecule has 0 amide bonds. The molecule has 2 aliphatic carbocycles. The molecule has 4 aromatic heterocycles. The Bertz CT molecular complexity index is 7950. The molecule has 0 atom stereocenters. The zero-order valence-corrected chi connectivity index (χ0v) is 67.6. The predicted octanol–water partition coefficient (Wildman–Crippen LogP) is 14.2. The van der Waals surface area contributed by atoms with Gasteiger partial charge in [0.2, 0.25) is 11.9 Å². The number of ether oxygens (including phenoxy) is 2. The first kappa shape index (κ1) is 80.3. The van der Waals surface area contributed by atoms with Gasteiger partial charge in [0.05, 0.1) is 65.7 Å². The van der Waals surface area contributed by atoms with Crippen LogP contribution >= 0.6 is 0 Å². The number of nitrogens with one attached hydrogen (secondary N) is 4. The minimum absolute atomic E-state index is 0.000625. The highest BCUT2D eigenvalue weighted by atomic mass is 32.2. The van der Waals surface area contributed by atoms with Crippen LogP contribution in [-0.4, -0.2) is 125 Å². The third kappa shape index (κ3) is 15.2. The Morgan fingerprint density at radius 2 is 0.888 bits per heavy atom. The maximum atomic E-state index is 15.1. The lowest BCUT2D eigenvalue weighted by atomic mass is 9.80. The number of hydrogen-bond acceptors (Lipinski definition) is 25. The number of aromatic nitrogens is 8. The molecular formula is C91H62N12O19S3. The molecule has 31 nitrogen and oxygen atoms in total. The van der Waals surface area contributed by atoms with Crippen LogP contribution in [0, 0.1) is 0 Å². The lowest BCUT2D eigenvalue weighted by Gasteiger charge is -2.26. The largest absolute Gasteiger partial charge is 0.478 e. The van der Waals surface area contributed by atoms with E-state index in [2.05, 4.69) is 41.2 Å². The van der Waals surface area contributed by atoms with Gasteiger partial charge in [0.25, 0.3) is 41.5 Å². The smallest absolute Gasteiger partial charge is 0.335 e. The summed E-state index contributed by atoms with van der Waals surface area (Å²) in [7, 11) is -12.1. The fraction of sp³-hybridized carbons (Fsp3) is 0.0659. The topological polar surface area (TPSA) is 457 Å². The molecule has 0 saturated heterocycles. The monoisotopic (exact) mass is 1720 g/mol. The van der Waals surface area contributed by atoms with Crippen molar-refractivity contribution in [3.63, 3.8) is 0 Å². The molecule has 0 spiro atoms. The number of carbonyl (C=O) groups is 5. The minimum Gasteiger partial charge on any atom is -0.478 e. The second kappa shape index (κ2) is 31.4. The number of carboxylic acids is 1. The Morgan fingerprint density at radius 3 is 1.46 bits per heavy atom. The Kier molecular flexibility index (Phi) is 20.2. The third-order valence-corrected chi connectivity index (χ3v) is 24.2. The number of anilines is 6. The summed E-state index contributed by atoms with van der Waals surface area (Å²) in [5, 5.41) is 25.6. The Labute approximate surface area is 707 Å². The summed E-state index contributed by atoms with van der Waals surface area (Å²) in [5.74, 6) is -3.46. The molecule has 0 radical (unpaired) electrons. The van der Waals surface area contributed by atoms with Crippen molar-refractivity contribution >= 4 is 137 Å². The summed E-state index contributed by atoms with van der Waals surface area (Å²) < 4.78 is 125. The molecule has 16 aromatic rings. The Morgan fingerprint density at radius 1 is 0.400 bits per heavy atom. The number of aromatic carboxylic acids is 1. The second-order valence-corrected chi connectivity index (χ2v) is 33.5. The number of nitrogens with zero attached hydrogens (tertiary/aromatic N) is 8. The molecule has 125 heavy (non-hydrogen) atoms. The van der Waals surface area contributed by atoms with Crippen LogP contribution in [0.1, 0.15) is 96.8 Å². The molecule has 0 aliphatic heterocycles. The van der Waals surface area contributed by atoms with Crippen LogP contribution in [0.5, 0.6) is 23.5 Å².